The Balaban J connectivity index is 1.99. The van der Waals surface area contributed by atoms with Crippen molar-refractivity contribution in [3.05, 3.63) is 88.8 Å². The van der Waals surface area contributed by atoms with E-state index in [0.29, 0.717) is 5.52 Å². The molecule has 0 saturated heterocycles. The molecule has 4 rings (SSSR count). The number of halogens is 2. The SMILES string of the molecule is Cc1ccc(S(=O)(=O)n2cc(-c3ccc(F)cc3)c3ccc(Br)cc32)cc1. The molecule has 0 aliphatic carbocycles. The zero-order valence-corrected chi connectivity index (χ0v) is 16.8. The Kier molecular flexibility index (Phi) is 4.40. The van der Waals surface area contributed by atoms with Crippen molar-refractivity contribution in [2.75, 3.05) is 0 Å². The summed E-state index contributed by atoms with van der Waals surface area (Å²) in [4.78, 5) is 0.218. The van der Waals surface area contributed by atoms with E-state index in [1.54, 1.807) is 48.7 Å². The van der Waals surface area contributed by atoms with Crippen LogP contribution in [0.15, 0.2) is 82.3 Å². The largest absolute Gasteiger partial charge is 0.268 e. The van der Waals surface area contributed by atoms with Crippen LogP contribution in [0.4, 0.5) is 4.39 Å². The van der Waals surface area contributed by atoms with Gasteiger partial charge in [-0.25, -0.2) is 16.8 Å². The summed E-state index contributed by atoms with van der Waals surface area (Å²) in [6.45, 7) is 1.91. The quantitative estimate of drug-likeness (QED) is 0.403. The van der Waals surface area contributed by atoms with Gasteiger partial charge in [0.2, 0.25) is 0 Å². The van der Waals surface area contributed by atoms with Gasteiger partial charge in [-0.1, -0.05) is 51.8 Å². The van der Waals surface area contributed by atoms with E-state index in [1.165, 1.54) is 16.1 Å². The fourth-order valence-electron chi connectivity index (χ4n) is 3.05. The average molecular weight is 444 g/mol. The van der Waals surface area contributed by atoms with Gasteiger partial charge >= 0.3 is 0 Å². The molecule has 0 radical (unpaired) electrons. The predicted octanol–water partition coefficient (Wildman–Crippen LogP) is 5.76. The second-order valence-corrected chi connectivity index (χ2v) is 9.06. The van der Waals surface area contributed by atoms with Gasteiger partial charge in [-0.2, -0.15) is 0 Å². The summed E-state index contributed by atoms with van der Waals surface area (Å²) in [7, 11) is -3.77. The number of hydrogen-bond donors (Lipinski definition) is 0. The molecule has 3 nitrogen and oxygen atoms in total. The number of aromatic nitrogens is 1. The molecule has 3 aromatic carbocycles. The van der Waals surface area contributed by atoms with Crippen LogP contribution in [-0.4, -0.2) is 12.4 Å². The summed E-state index contributed by atoms with van der Waals surface area (Å²) in [5.74, 6) is -0.336. The summed E-state index contributed by atoms with van der Waals surface area (Å²) in [6.07, 6.45) is 1.60. The van der Waals surface area contributed by atoms with E-state index in [0.717, 1.165) is 26.5 Å². The summed E-state index contributed by atoms with van der Waals surface area (Å²) >= 11 is 3.42. The fourth-order valence-corrected chi connectivity index (χ4v) is 4.76. The Morgan fingerprint density at radius 1 is 0.926 bits per heavy atom. The van der Waals surface area contributed by atoms with Crippen molar-refractivity contribution in [1.82, 2.24) is 3.97 Å². The Bertz CT molecular complexity index is 1240. The first kappa shape index (κ1) is 17.9. The van der Waals surface area contributed by atoms with Crippen LogP contribution in [0.3, 0.4) is 0 Å². The maximum absolute atomic E-state index is 13.3. The van der Waals surface area contributed by atoms with E-state index in [2.05, 4.69) is 15.9 Å². The molecule has 4 aromatic rings. The Hall–Kier alpha value is -2.44. The molecule has 6 heteroatoms. The minimum atomic E-state index is -3.77. The summed E-state index contributed by atoms with van der Waals surface area (Å²) in [5.41, 5.74) is 3.03. The average Bonchev–Trinajstić information content (AvgIpc) is 3.02. The summed E-state index contributed by atoms with van der Waals surface area (Å²) in [6, 6.07) is 18.3. The molecule has 136 valence electrons. The molecule has 0 atom stereocenters. The summed E-state index contributed by atoms with van der Waals surface area (Å²) < 4.78 is 41.9. The molecule has 0 bridgehead atoms. The lowest BCUT2D eigenvalue weighted by Crippen LogP contribution is -2.11. The van der Waals surface area contributed by atoms with Gasteiger partial charge in [-0.3, -0.25) is 0 Å². The van der Waals surface area contributed by atoms with Crippen LogP contribution in [-0.2, 0) is 10.0 Å². The van der Waals surface area contributed by atoms with E-state index in [-0.39, 0.29) is 10.7 Å². The van der Waals surface area contributed by atoms with Crippen molar-refractivity contribution in [2.45, 2.75) is 11.8 Å². The first-order valence-corrected chi connectivity index (χ1v) is 10.5. The molecule has 0 fully saturated rings. The van der Waals surface area contributed by atoms with Gasteiger partial charge in [0, 0.05) is 21.6 Å². The number of hydrogen-bond acceptors (Lipinski definition) is 2. The topological polar surface area (TPSA) is 39.1 Å². The zero-order valence-electron chi connectivity index (χ0n) is 14.4. The third-order valence-electron chi connectivity index (χ3n) is 4.47. The van der Waals surface area contributed by atoms with Gasteiger partial charge in [0.25, 0.3) is 10.0 Å². The highest BCUT2D eigenvalue weighted by Crippen LogP contribution is 2.34. The molecule has 0 spiro atoms. The number of nitrogens with zero attached hydrogens (tertiary/aromatic N) is 1. The highest BCUT2D eigenvalue weighted by Gasteiger charge is 2.22. The lowest BCUT2D eigenvalue weighted by molar-refractivity contribution is 0.589. The lowest BCUT2D eigenvalue weighted by atomic mass is 10.1. The maximum Gasteiger partial charge on any atom is 0.268 e. The Morgan fingerprint density at radius 2 is 1.59 bits per heavy atom. The lowest BCUT2D eigenvalue weighted by Gasteiger charge is -2.08. The molecule has 0 aliphatic rings. The highest BCUT2D eigenvalue weighted by atomic mass is 79.9. The predicted molar refractivity (Wildman–Crippen MR) is 109 cm³/mol. The van der Waals surface area contributed by atoms with Gasteiger partial charge in [0.15, 0.2) is 0 Å². The molecule has 27 heavy (non-hydrogen) atoms. The molecule has 1 heterocycles. The standard InChI is InChI=1S/C21H15BrFNO2S/c1-14-2-9-18(10-3-14)27(25,26)24-13-20(15-4-7-17(23)8-5-15)19-11-6-16(22)12-21(19)24/h2-13H,1H3. The van der Waals surface area contributed by atoms with Crippen molar-refractivity contribution in [2.24, 2.45) is 0 Å². The van der Waals surface area contributed by atoms with Crippen LogP contribution in [0.5, 0.6) is 0 Å². The van der Waals surface area contributed by atoms with Crippen molar-refractivity contribution in [1.29, 1.82) is 0 Å². The number of rotatable bonds is 3. The Labute approximate surface area is 165 Å². The van der Waals surface area contributed by atoms with Crippen LogP contribution in [0.25, 0.3) is 22.0 Å². The molecule has 0 N–H and O–H groups in total. The zero-order chi connectivity index (χ0) is 19.2. The van der Waals surface area contributed by atoms with Crippen LogP contribution in [0.2, 0.25) is 0 Å². The number of fused-ring (bicyclic) bond motifs is 1. The first-order chi connectivity index (χ1) is 12.9. The second kappa shape index (κ2) is 6.62. The minimum Gasteiger partial charge on any atom is -0.240 e. The first-order valence-electron chi connectivity index (χ1n) is 8.25. The molecule has 1 aromatic heterocycles. The van der Waals surface area contributed by atoms with Gasteiger partial charge in [-0.15, -0.1) is 0 Å². The van der Waals surface area contributed by atoms with Crippen LogP contribution in [0, 0.1) is 12.7 Å². The van der Waals surface area contributed by atoms with E-state index in [4.69, 9.17) is 0 Å². The van der Waals surface area contributed by atoms with Crippen molar-refractivity contribution in [3.63, 3.8) is 0 Å². The van der Waals surface area contributed by atoms with Gasteiger partial charge in [0.05, 0.1) is 10.4 Å². The monoisotopic (exact) mass is 443 g/mol. The smallest absolute Gasteiger partial charge is 0.240 e. The third kappa shape index (κ3) is 3.19. The van der Waals surface area contributed by atoms with Gasteiger partial charge in [-0.05, 0) is 48.9 Å². The van der Waals surface area contributed by atoms with Crippen LogP contribution in [0.1, 0.15) is 5.56 Å². The van der Waals surface area contributed by atoms with Crippen LogP contribution < -0.4 is 0 Å². The third-order valence-corrected chi connectivity index (χ3v) is 6.65. The van der Waals surface area contributed by atoms with Crippen molar-refractivity contribution in [3.8, 4) is 11.1 Å². The number of benzene rings is 3. The fraction of sp³-hybridized carbons (Fsp3) is 0.0476. The van der Waals surface area contributed by atoms with Crippen molar-refractivity contribution < 1.29 is 12.8 Å². The van der Waals surface area contributed by atoms with E-state index >= 15 is 0 Å². The second-order valence-electron chi connectivity index (χ2n) is 6.33. The molecule has 0 saturated carbocycles. The van der Waals surface area contributed by atoms with E-state index in [1.807, 2.05) is 19.1 Å². The normalized spacial score (nSPS) is 11.8. The van der Waals surface area contributed by atoms with Crippen molar-refractivity contribution >= 4 is 36.9 Å². The van der Waals surface area contributed by atoms with E-state index < -0.39 is 10.0 Å². The van der Waals surface area contributed by atoms with Gasteiger partial charge in [0.1, 0.15) is 5.82 Å². The highest BCUT2D eigenvalue weighted by molar-refractivity contribution is 9.10. The molecule has 0 unspecified atom stereocenters. The van der Waals surface area contributed by atoms with Crippen LogP contribution >= 0.6 is 15.9 Å². The molecular weight excluding hydrogens is 429 g/mol. The molecule has 0 amide bonds. The Morgan fingerprint density at radius 3 is 2.26 bits per heavy atom. The number of aryl methyl sites for hydroxylation is 1. The molecular formula is C21H15BrFNO2S. The minimum absolute atomic E-state index is 0.218. The van der Waals surface area contributed by atoms with E-state index in [9.17, 15) is 12.8 Å². The summed E-state index contributed by atoms with van der Waals surface area (Å²) in [5, 5.41) is 0.778. The van der Waals surface area contributed by atoms with Gasteiger partial charge < -0.3 is 0 Å². The maximum atomic E-state index is 13.3. The molecule has 0 aliphatic heterocycles.